The fourth-order valence-corrected chi connectivity index (χ4v) is 3.44. The molecule has 0 spiro atoms. The normalized spacial score (nSPS) is 18.8. The highest BCUT2D eigenvalue weighted by Gasteiger charge is 2.33. The van der Waals surface area contributed by atoms with Crippen LogP contribution < -0.4 is 0 Å². The molecule has 0 aromatic carbocycles. The van der Waals surface area contributed by atoms with Crippen LogP contribution in [0, 0.1) is 0 Å². The third kappa shape index (κ3) is 14.2. The number of allylic oxidation sites excluding steroid dienone is 2. The van der Waals surface area contributed by atoms with E-state index in [0.29, 0.717) is 19.6 Å². The van der Waals surface area contributed by atoms with Crippen LogP contribution in [-0.2, 0) is 19.0 Å². The van der Waals surface area contributed by atoms with Crippen LogP contribution in [0.25, 0.3) is 0 Å². The van der Waals surface area contributed by atoms with Gasteiger partial charge in [-0.15, -0.1) is 0 Å². The lowest BCUT2D eigenvalue weighted by Gasteiger charge is -2.16. The van der Waals surface area contributed by atoms with E-state index < -0.39 is 5.79 Å². The molecule has 1 fully saturated rings. The zero-order chi connectivity index (χ0) is 20.5. The second-order valence-corrected chi connectivity index (χ2v) is 8.47. The lowest BCUT2D eigenvalue weighted by molar-refractivity contribution is -0.158. The predicted octanol–water partition coefficient (Wildman–Crippen LogP) is 6.72. The third-order valence-electron chi connectivity index (χ3n) is 5.14. The molecule has 1 saturated heterocycles. The maximum absolute atomic E-state index is 11.8. The number of rotatable bonds is 17. The van der Waals surface area contributed by atoms with Gasteiger partial charge in [0.2, 0.25) is 0 Å². The largest absolute Gasteiger partial charge is 0.463 e. The van der Waals surface area contributed by atoms with Crippen molar-refractivity contribution in [3.63, 3.8) is 0 Å². The van der Waals surface area contributed by atoms with Crippen molar-refractivity contribution >= 4 is 5.97 Å². The van der Waals surface area contributed by atoms with E-state index in [1.807, 2.05) is 13.8 Å². The van der Waals surface area contributed by atoms with Gasteiger partial charge < -0.3 is 14.2 Å². The number of unbranched alkanes of at least 4 members (excludes halogenated alkanes) is 11. The van der Waals surface area contributed by atoms with E-state index in [1.54, 1.807) is 0 Å². The van der Waals surface area contributed by atoms with Gasteiger partial charge in [-0.25, -0.2) is 0 Å². The Bertz CT molecular complexity index is 417. The Morgan fingerprint density at radius 3 is 2.07 bits per heavy atom. The summed E-state index contributed by atoms with van der Waals surface area (Å²) in [4.78, 5) is 11.8. The van der Waals surface area contributed by atoms with Gasteiger partial charge >= 0.3 is 5.97 Å². The average molecular weight is 397 g/mol. The lowest BCUT2D eigenvalue weighted by atomic mass is 10.1. The molecule has 1 atom stereocenters. The van der Waals surface area contributed by atoms with Crippen molar-refractivity contribution in [2.45, 2.75) is 123 Å². The number of hydrogen-bond acceptors (Lipinski definition) is 4. The molecule has 0 N–H and O–H groups in total. The Morgan fingerprint density at radius 1 is 0.929 bits per heavy atom. The van der Waals surface area contributed by atoms with Crippen molar-refractivity contribution in [1.29, 1.82) is 0 Å². The minimum absolute atomic E-state index is 0.120. The molecule has 4 nitrogen and oxygen atoms in total. The Labute approximate surface area is 173 Å². The summed E-state index contributed by atoms with van der Waals surface area (Å²) in [5, 5.41) is 0. The van der Waals surface area contributed by atoms with Crippen LogP contribution in [-0.4, -0.2) is 31.1 Å². The summed E-state index contributed by atoms with van der Waals surface area (Å²) in [6.07, 6.45) is 21.5. The minimum Gasteiger partial charge on any atom is -0.463 e. The fourth-order valence-electron chi connectivity index (χ4n) is 3.44. The topological polar surface area (TPSA) is 44.8 Å². The molecule has 1 aliphatic heterocycles. The first-order valence-corrected chi connectivity index (χ1v) is 11.7. The van der Waals surface area contributed by atoms with Crippen LogP contribution >= 0.6 is 0 Å². The monoisotopic (exact) mass is 396 g/mol. The molecule has 1 heterocycles. The van der Waals surface area contributed by atoms with Gasteiger partial charge in [0.05, 0.1) is 6.61 Å². The first kappa shape index (κ1) is 25.2. The molecule has 4 heteroatoms. The van der Waals surface area contributed by atoms with Crippen molar-refractivity contribution in [3.05, 3.63) is 12.2 Å². The standard InChI is InChI=1S/C24H44O4/c1-4-5-6-7-8-9-10-11-12-13-14-15-16-17-18-19-23(25)26-20-22-21-27-24(2,3)28-22/h11-12,22H,4-10,13-21H2,1-3H3/b12-11-/t22-/m0/s1. The summed E-state index contributed by atoms with van der Waals surface area (Å²) >= 11 is 0. The fraction of sp³-hybridized carbons (Fsp3) is 0.875. The number of hydrogen-bond donors (Lipinski definition) is 0. The highest BCUT2D eigenvalue weighted by atomic mass is 16.7. The molecule has 0 radical (unpaired) electrons. The molecular formula is C24H44O4. The Kier molecular flexibility index (Phi) is 14.4. The molecule has 1 rings (SSSR count). The Morgan fingerprint density at radius 2 is 1.50 bits per heavy atom. The molecule has 0 aromatic heterocycles. The lowest BCUT2D eigenvalue weighted by Crippen LogP contribution is -2.25. The zero-order valence-electron chi connectivity index (χ0n) is 18.7. The van der Waals surface area contributed by atoms with E-state index in [-0.39, 0.29) is 12.1 Å². The smallest absolute Gasteiger partial charge is 0.305 e. The van der Waals surface area contributed by atoms with Crippen LogP contribution in [0.2, 0.25) is 0 Å². The molecule has 0 amide bonds. The van der Waals surface area contributed by atoms with E-state index in [1.165, 1.54) is 70.6 Å². The summed E-state index contributed by atoms with van der Waals surface area (Å²) < 4.78 is 16.4. The van der Waals surface area contributed by atoms with Gasteiger partial charge in [0.1, 0.15) is 12.7 Å². The van der Waals surface area contributed by atoms with Crippen molar-refractivity contribution in [2.75, 3.05) is 13.2 Å². The molecule has 164 valence electrons. The van der Waals surface area contributed by atoms with Gasteiger partial charge in [0, 0.05) is 6.42 Å². The zero-order valence-corrected chi connectivity index (χ0v) is 18.7. The van der Waals surface area contributed by atoms with Crippen LogP contribution in [0.1, 0.15) is 111 Å². The first-order chi connectivity index (χ1) is 13.5. The maximum Gasteiger partial charge on any atom is 0.305 e. The van der Waals surface area contributed by atoms with E-state index in [0.717, 1.165) is 12.8 Å². The van der Waals surface area contributed by atoms with Gasteiger partial charge in [0.25, 0.3) is 0 Å². The van der Waals surface area contributed by atoms with Gasteiger partial charge in [-0.3, -0.25) is 4.79 Å². The Hall–Kier alpha value is -0.870. The average Bonchev–Trinajstić information content (AvgIpc) is 3.02. The SMILES string of the molecule is CCCCCCCC/C=C\CCCCCCCC(=O)OC[C@H]1COC(C)(C)O1. The summed E-state index contributed by atoms with van der Waals surface area (Å²) in [6.45, 7) is 6.81. The van der Waals surface area contributed by atoms with Gasteiger partial charge in [0.15, 0.2) is 5.79 Å². The molecule has 0 aliphatic carbocycles. The number of carbonyl (C=O) groups is 1. The first-order valence-electron chi connectivity index (χ1n) is 11.7. The maximum atomic E-state index is 11.8. The number of ether oxygens (including phenoxy) is 3. The van der Waals surface area contributed by atoms with Crippen molar-refractivity contribution in [2.24, 2.45) is 0 Å². The highest BCUT2D eigenvalue weighted by molar-refractivity contribution is 5.69. The summed E-state index contributed by atoms with van der Waals surface area (Å²) in [5.41, 5.74) is 0. The minimum atomic E-state index is -0.555. The van der Waals surface area contributed by atoms with Gasteiger partial charge in [-0.2, -0.15) is 0 Å². The second-order valence-electron chi connectivity index (χ2n) is 8.47. The van der Waals surface area contributed by atoms with Crippen molar-refractivity contribution in [3.8, 4) is 0 Å². The third-order valence-corrected chi connectivity index (χ3v) is 5.14. The molecular weight excluding hydrogens is 352 g/mol. The molecule has 0 aromatic rings. The molecule has 28 heavy (non-hydrogen) atoms. The predicted molar refractivity (Wildman–Crippen MR) is 115 cm³/mol. The summed E-state index contributed by atoms with van der Waals surface area (Å²) in [6, 6.07) is 0. The van der Waals surface area contributed by atoms with E-state index in [4.69, 9.17) is 14.2 Å². The Balaban J connectivity index is 1.81. The molecule has 1 aliphatic rings. The summed E-state index contributed by atoms with van der Waals surface area (Å²) in [5.74, 6) is -0.675. The molecule has 0 unspecified atom stereocenters. The molecule has 0 saturated carbocycles. The van der Waals surface area contributed by atoms with E-state index in [9.17, 15) is 4.79 Å². The highest BCUT2D eigenvalue weighted by Crippen LogP contribution is 2.22. The number of esters is 1. The number of carbonyl (C=O) groups excluding carboxylic acids is 1. The van der Waals surface area contributed by atoms with Crippen molar-refractivity contribution < 1.29 is 19.0 Å². The van der Waals surface area contributed by atoms with Crippen molar-refractivity contribution in [1.82, 2.24) is 0 Å². The molecule has 0 bridgehead atoms. The van der Waals surface area contributed by atoms with Crippen LogP contribution in [0.5, 0.6) is 0 Å². The van der Waals surface area contributed by atoms with Crippen LogP contribution in [0.3, 0.4) is 0 Å². The second kappa shape index (κ2) is 16.0. The van der Waals surface area contributed by atoms with E-state index in [2.05, 4.69) is 19.1 Å². The van der Waals surface area contributed by atoms with Crippen LogP contribution in [0.4, 0.5) is 0 Å². The van der Waals surface area contributed by atoms with E-state index >= 15 is 0 Å². The van der Waals surface area contributed by atoms with Gasteiger partial charge in [-0.05, 0) is 46.0 Å². The van der Waals surface area contributed by atoms with Crippen LogP contribution in [0.15, 0.2) is 12.2 Å². The quantitative estimate of drug-likeness (QED) is 0.155. The van der Waals surface area contributed by atoms with Gasteiger partial charge in [-0.1, -0.05) is 70.4 Å². The summed E-state index contributed by atoms with van der Waals surface area (Å²) in [7, 11) is 0.